The molecule has 0 saturated carbocycles. The lowest BCUT2D eigenvalue weighted by Crippen LogP contribution is -2.31. The average molecular weight is 395 g/mol. The second kappa shape index (κ2) is 8.62. The maximum atomic E-state index is 13.6. The lowest BCUT2D eigenvalue weighted by Gasteiger charge is -2.22. The molecule has 0 fully saturated rings. The van der Waals surface area contributed by atoms with Crippen LogP contribution in [0.25, 0.3) is 0 Å². The van der Waals surface area contributed by atoms with Crippen molar-refractivity contribution >= 4 is 23.4 Å². The molecule has 0 bridgehead atoms. The maximum Gasteiger partial charge on any atom is 0.348 e. The van der Waals surface area contributed by atoms with Crippen LogP contribution >= 0.6 is 11.8 Å². The van der Waals surface area contributed by atoms with Crippen LogP contribution in [-0.4, -0.2) is 32.9 Å². The van der Waals surface area contributed by atoms with Gasteiger partial charge in [0.25, 0.3) is 0 Å². The van der Waals surface area contributed by atoms with Crippen molar-refractivity contribution in [3.05, 3.63) is 51.6 Å². The molecule has 0 spiro atoms. The Morgan fingerprint density at radius 2 is 2.07 bits per heavy atom. The third-order valence-electron chi connectivity index (χ3n) is 4.32. The SMILES string of the molecule is O=C(CSc1nc(=O)n(CCO)c2c1CCCC2)Nc1ccc(F)cc1F. The number of hydrogen-bond donors (Lipinski definition) is 2. The molecule has 27 heavy (non-hydrogen) atoms. The average Bonchev–Trinajstić information content (AvgIpc) is 2.65. The summed E-state index contributed by atoms with van der Waals surface area (Å²) >= 11 is 1.12. The summed E-state index contributed by atoms with van der Waals surface area (Å²) in [6, 6.07) is 2.91. The third kappa shape index (κ3) is 4.54. The molecule has 144 valence electrons. The van der Waals surface area contributed by atoms with Gasteiger partial charge in [0.1, 0.15) is 16.7 Å². The fourth-order valence-electron chi connectivity index (χ4n) is 3.11. The summed E-state index contributed by atoms with van der Waals surface area (Å²) < 4.78 is 28.1. The normalized spacial score (nSPS) is 13.3. The molecule has 1 aliphatic carbocycles. The van der Waals surface area contributed by atoms with Crippen molar-refractivity contribution in [2.24, 2.45) is 0 Å². The molecule has 9 heteroatoms. The van der Waals surface area contributed by atoms with Crippen LogP contribution in [0, 0.1) is 11.6 Å². The van der Waals surface area contributed by atoms with Crippen molar-refractivity contribution in [2.75, 3.05) is 17.7 Å². The first kappa shape index (κ1) is 19.5. The Bertz CT molecular complexity index is 917. The molecule has 1 aromatic carbocycles. The maximum absolute atomic E-state index is 13.6. The highest BCUT2D eigenvalue weighted by Gasteiger charge is 2.21. The Kier molecular flexibility index (Phi) is 6.22. The highest BCUT2D eigenvalue weighted by molar-refractivity contribution is 8.00. The van der Waals surface area contributed by atoms with Crippen molar-refractivity contribution < 1.29 is 18.7 Å². The van der Waals surface area contributed by atoms with Gasteiger partial charge in [-0.1, -0.05) is 11.8 Å². The van der Waals surface area contributed by atoms with Crippen LogP contribution in [0.3, 0.4) is 0 Å². The summed E-state index contributed by atoms with van der Waals surface area (Å²) in [4.78, 5) is 28.4. The van der Waals surface area contributed by atoms with E-state index < -0.39 is 23.2 Å². The van der Waals surface area contributed by atoms with E-state index in [4.69, 9.17) is 0 Å². The standard InChI is InChI=1S/C18H19F2N3O3S/c19-11-5-6-14(13(20)9-11)21-16(25)10-27-17-12-3-1-2-4-15(12)23(7-8-24)18(26)22-17/h5-6,9,24H,1-4,7-8,10H2,(H,21,25). The lowest BCUT2D eigenvalue weighted by atomic mass is 9.97. The smallest absolute Gasteiger partial charge is 0.348 e. The third-order valence-corrected chi connectivity index (χ3v) is 5.34. The molecule has 1 aliphatic rings. The number of thioether (sulfide) groups is 1. The van der Waals surface area contributed by atoms with Gasteiger partial charge in [-0.2, -0.15) is 4.98 Å². The molecule has 1 amide bonds. The van der Waals surface area contributed by atoms with Gasteiger partial charge in [-0.15, -0.1) is 0 Å². The number of rotatable bonds is 6. The zero-order chi connectivity index (χ0) is 19.4. The molecule has 2 aromatic rings. The second-order valence-corrected chi connectivity index (χ2v) is 7.13. The van der Waals surface area contributed by atoms with Crippen molar-refractivity contribution in [1.82, 2.24) is 9.55 Å². The summed E-state index contributed by atoms with van der Waals surface area (Å²) in [5.74, 6) is -2.11. The zero-order valence-corrected chi connectivity index (χ0v) is 15.3. The molecule has 0 atom stereocenters. The molecule has 0 radical (unpaired) electrons. The van der Waals surface area contributed by atoms with Gasteiger partial charge in [0.2, 0.25) is 5.91 Å². The van der Waals surface area contributed by atoms with E-state index in [1.807, 2.05) is 0 Å². The topological polar surface area (TPSA) is 84.2 Å². The van der Waals surface area contributed by atoms with E-state index in [0.29, 0.717) is 11.1 Å². The quantitative estimate of drug-likeness (QED) is 0.578. The van der Waals surface area contributed by atoms with Crippen LogP contribution in [-0.2, 0) is 24.2 Å². The summed E-state index contributed by atoms with van der Waals surface area (Å²) in [5, 5.41) is 12.1. The van der Waals surface area contributed by atoms with E-state index in [0.717, 1.165) is 60.8 Å². The van der Waals surface area contributed by atoms with E-state index in [2.05, 4.69) is 10.3 Å². The predicted octanol–water partition coefficient (Wildman–Crippen LogP) is 2.12. The van der Waals surface area contributed by atoms with E-state index in [-0.39, 0.29) is 24.6 Å². The highest BCUT2D eigenvalue weighted by Crippen LogP contribution is 2.28. The number of carbonyl (C=O) groups excluding carboxylic acids is 1. The summed E-state index contributed by atoms with van der Waals surface area (Å²) in [6.45, 7) is 0.0512. The minimum absolute atomic E-state index is 0.0558. The molecule has 2 N–H and O–H groups in total. The Morgan fingerprint density at radius 3 is 2.81 bits per heavy atom. The van der Waals surface area contributed by atoms with E-state index in [9.17, 15) is 23.5 Å². The van der Waals surface area contributed by atoms with Crippen molar-refractivity contribution in [1.29, 1.82) is 0 Å². The predicted molar refractivity (Wildman–Crippen MR) is 97.9 cm³/mol. The first-order valence-corrected chi connectivity index (χ1v) is 9.59. The number of aromatic nitrogens is 2. The number of aliphatic hydroxyl groups excluding tert-OH is 1. The molecule has 0 aliphatic heterocycles. The monoisotopic (exact) mass is 395 g/mol. The van der Waals surface area contributed by atoms with Crippen LogP contribution in [0.15, 0.2) is 28.0 Å². The van der Waals surface area contributed by atoms with E-state index >= 15 is 0 Å². The van der Waals surface area contributed by atoms with Crippen molar-refractivity contribution in [2.45, 2.75) is 37.3 Å². The van der Waals surface area contributed by atoms with E-state index in [1.165, 1.54) is 4.57 Å². The number of halogens is 2. The Balaban J connectivity index is 1.75. The number of hydrogen-bond acceptors (Lipinski definition) is 5. The minimum Gasteiger partial charge on any atom is -0.395 e. The Morgan fingerprint density at radius 1 is 1.30 bits per heavy atom. The van der Waals surface area contributed by atoms with Crippen LogP contribution < -0.4 is 11.0 Å². The van der Waals surface area contributed by atoms with Crippen LogP contribution in [0.4, 0.5) is 14.5 Å². The number of carbonyl (C=O) groups is 1. The van der Waals surface area contributed by atoms with Gasteiger partial charge in [-0.05, 0) is 37.8 Å². The lowest BCUT2D eigenvalue weighted by molar-refractivity contribution is -0.113. The zero-order valence-electron chi connectivity index (χ0n) is 14.5. The first-order valence-electron chi connectivity index (χ1n) is 8.60. The van der Waals surface area contributed by atoms with E-state index in [1.54, 1.807) is 0 Å². The molecule has 0 saturated heterocycles. The molecule has 3 rings (SSSR count). The number of anilines is 1. The largest absolute Gasteiger partial charge is 0.395 e. The second-order valence-electron chi connectivity index (χ2n) is 6.17. The van der Waals surface area contributed by atoms with Crippen LogP contribution in [0.5, 0.6) is 0 Å². The number of benzene rings is 1. The highest BCUT2D eigenvalue weighted by atomic mass is 32.2. The Labute approximate surface area is 158 Å². The molecule has 1 aromatic heterocycles. The van der Waals surface area contributed by atoms with Gasteiger partial charge in [-0.3, -0.25) is 9.36 Å². The molecule has 6 nitrogen and oxygen atoms in total. The van der Waals surface area contributed by atoms with Crippen molar-refractivity contribution in [3.8, 4) is 0 Å². The summed E-state index contributed by atoms with van der Waals surface area (Å²) in [7, 11) is 0. The first-order chi connectivity index (χ1) is 13.0. The van der Waals surface area contributed by atoms with Gasteiger partial charge in [0.15, 0.2) is 0 Å². The number of nitrogens with one attached hydrogen (secondary N) is 1. The summed E-state index contributed by atoms with van der Waals surface area (Å²) in [5.41, 5.74) is 1.25. The fraction of sp³-hybridized carbons (Fsp3) is 0.389. The van der Waals surface area contributed by atoms with Crippen molar-refractivity contribution in [3.63, 3.8) is 0 Å². The van der Waals surface area contributed by atoms with Gasteiger partial charge < -0.3 is 10.4 Å². The summed E-state index contributed by atoms with van der Waals surface area (Å²) in [6.07, 6.45) is 3.40. The van der Waals surface area contributed by atoms with Gasteiger partial charge in [0, 0.05) is 17.3 Å². The molecule has 0 unspecified atom stereocenters. The fourth-order valence-corrected chi connectivity index (χ4v) is 3.99. The number of aliphatic hydroxyl groups is 1. The Hall–Kier alpha value is -2.26. The van der Waals surface area contributed by atoms with Crippen LogP contribution in [0.1, 0.15) is 24.1 Å². The van der Waals surface area contributed by atoms with Gasteiger partial charge in [-0.25, -0.2) is 13.6 Å². The van der Waals surface area contributed by atoms with Gasteiger partial charge >= 0.3 is 5.69 Å². The number of amides is 1. The molecular weight excluding hydrogens is 376 g/mol. The van der Waals surface area contributed by atoms with Gasteiger partial charge in [0.05, 0.1) is 24.6 Å². The minimum atomic E-state index is -0.851. The molecule has 1 heterocycles. The molecular formula is C18H19F2N3O3S. The number of fused-ring (bicyclic) bond motifs is 1. The van der Waals surface area contributed by atoms with Crippen LogP contribution in [0.2, 0.25) is 0 Å². The number of nitrogens with zero attached hydrogens (tertiary/aromatic N) is 2.